The summed E-state index contributed by atoms with van der Waals surface area (Å²) in [5, 5.41) is 0. The molecule has 0 saturated carbocycles. The van der Waals surface area contributed by atoms with Crippen molar-refractivity contribution in [1.29, 1.82) is 0 Å². The Hall–Kier alpha value is 0.0800. The van der Waals surface area contributed by atoms with Crippen molar-refractivity contribution < 1.29 is 17.8 Å². The van der Waals surface area contributed by atoms with E-state index in [4.69, 9.17) is 4.52 Å². The monoisotopic (exact) mass is 238 g/mol. The molecule has 0 N–H and O–H groups in total. The second-order valence-corrected chi connectivity index (χ2v) is 5.82. The third-order valence-electron chi connectivity index (χ3n) is 2.95. The standard InChI is InChI=1S/C10H20FO3P/c1-4-6-9-10(3,7-5-2)8-13-15(11,12)14-9/h9H,4-8H2,1-3H3. The van der Waals surface area contributed by atoms with Crippen LogP contribution in [0.4, 0.5) is 4.20 Å². The summed E-state index contributed by atoms with van der Waals surface area (Å²) in [6.07, 6.45) is 3.22. The van der Waals surface area contributed by atoms with E-state index in [9.17, 15) is 8.76 Å². The van der Waals surface area contributed by atoms with Crippen LogP contribution in [0.15, 0.2) is 0 Å². The first-order valence-corrected chi connectivity index (χ1v) is 6.99. The van der Waals surface area contributed by atoms with E-state index in [0.29, 0.717) is 0 Å². The molecule has 1 aliphatic rings. The Kier molecular flexibility index (Phi) is 4.33. The predicted molar refractivity (Wildman–Crippen MR) is 57.5 cm³/mol. The van der Waals surface area contributed by atoms with Gasteiger partial charge in [-0.3, -0.25) is 9.05 Å². The number of hydrogen-bond acceptors (Lipinski definition) is 3. The molecule has 0 spiro atoms. The first-order chi connectivity index (χ1) is 6.93. The molecule has 0 radical (unpaired) electrons. The first kappa shape index (κ1) is 13.1. The Bertz CT molecular complexity index is 259. The van der Waals surface area contributed by atoms with Gasteiger partial charge in [-0.15, -0.1) is 4.20 Å². The molecule has 0 aromatic rings. The zero-order chi connectivity index (χ0) is 11.5. The fourth-order valence-electron chi connectivity index (χ4n) is 2.09. The van der Waals surface area contributed by atoms with Crippen LogP contribution in [-0.2, 0) is 13.6 Å². The summed E-state index contributed by atoms with van der Waals surface area (Å²) < 4.78 is 33.9. The zero-order valence-electron chi connectivity index (χ0n) is 9.66. The SMILES string of the molecule is CCCC1OP(=O)(F)OCC1(C)CCC. The highest BCUT2D eigenvalue weighted by atomic mass is 31.2. The van der Waals surface area contributed by atoms with Gasteiger partial charge in [-0.25, -0.2) is 4.57 Å². The molecule has 90 valence electrons. The van der Waals surface area contributed by atoms with Gasteiger partial charge in [0.25, 0.3) is 0 Å². The molecule has 0 aromatic carbocycles. The third kappa shape index (κ3) is 3.27. The van der Waals surface area contributed by atoms with Crippen LogP contribution in [0.25, 0.3) is 0 Å². The summed E-state index contributed by atoms with van der Waals surface area (Å²) >= 11 is 0. The Morgan fingerprint density at radius 1 is 1.47 bits per heavy atom. The van der Waals surface area contributed by atoms with E-state index in [1.807, 2.05) is 13.8 Å². The highest BCUT2D eigenvalue weighted by molar-refractivity contribution is 7.48. The smallest absolute Gasteiger partial charge is 0.283 e. The molecule has 1 fully saturated rings. The van der Waals surface area contributed by atoms with Crippen LogP contribution in [0.3, 0.4) is 0 Å². The maximum absolute atomic E-state index is 13.1. The molecule has 3 atom stereocenters. The van der Waals surface area contributed by atoms with Crippen molar-refractivity contribution in [2.45, 2.75) is 52.6 Å². The normalized spacial score (nSPS) is 41.7. The molecule has 5 heteroatoms. The van der Waals surface area contributed by atoms with Crippen LogP contribution in [-0.4, -0.2) is 12.7 Å². The molecule has 3 nitrogen and oxygen atoms in total. The molecule has 0 aromatic heterocycles. The molecule has 0 amide bonds. The van der Waals surface area contributed by atoms with Crippen LogP contribution in [0.5, 0.6) is 0 Å². The average molecular weight is 238 g/mol. The zero-order valence-corrected chi connectivity index (χ0v) is 10.6. The lowest BCUT2D eigenvalue weighted by Crippen LogP contribution is -2.41. The van der Waals surface area contributed by atoms with E-state index in [-0.39, 0.29) is 18.1 Å². The van der Waals surface area contributed by atoms with Crippen molar-refractivity contribution in [2.75, 3.05) is 6.61 Å². The minimum Gasteiger partial charge on any atom is -0.283 e. The Morgan fingerprint density at radius 3 is 2.67 bits per heavy atom. The fourth-order valence-corrected chi connectivity index (χ4v) is 3.27. The van der Waals surface area contributed by atoms with Crippen molar-refractivity contribution >= 4 is 7.91 Å². The van der Waals surface area contributed by atoms with Gasteiger partial charge in [-0.1, -0.05) is 33.6 Å². The Balaban J connectivity index is 2.75. The summed E-state index contributed by atoms with van der Waals surface area (Å²) in [5.41, 5.74) is -0.204. The second kappa shape index (κ2) is 4.94. The molecule has 0 aliphatic carbocycles. The van der Waals surface area contributed by atoms with Gasteiger partial charge in [0.15, 0.2) is 0 Å². The molecule has 3 unspecified atom stereocenters. The van der Waals surface area contributed by atoms with Crippen LogP contribution < -0.4 is 0 Å². The van der Waals surface area contributed by atoms with Gasteiger partial charge in [-0.2, -0.15) is 0 Å². The quantitative estimate of drug-likeness (QED) is 0.692. The largest absolute Gasteiger partial charge is 0.513 e. The first-order valence-electron chi connectivity index (χ1n) is 5.56. The average Bonchev–Trinajstić information content (AvgIpc) is 2.13. The highest BCUT2D eigenvalue weighted by Crippen LogP contribution is 2.59. The van der Waals surface area contributed by atoms with Gasteiger partial charge in [-0.05, 0) is 12.8 Å². The maximum Gasteiger partial charge on any atom is 0.513 e. The molecule has 1 aliphatic heterocycles. The van der Waals surface area contributed by atoms with Crippen molar-refractivity contribution in [2.24, 2.45) is 5.41 Å². The summed E-state index contributed by atoms with van der Waals surface area (Å²) in [6, 6.07) is 0. The van der Waals surface area contributed by atoms with E-state index < -0.39 is 7.91 Å². The molecule has 1 saturated heterocycles. The van der Waals surface area contributed by atoms with Gasteiger partial charge < -0.3 is 0 Å². The van der Waals surface area contributed by atoms with E-state index in [1.165, 1.54) is 0 Å². The second-order valence-electron chi connectivity index (χ2n) is 4.49. The van der Waals surface area contributed by atoms with Gasteiger partial charge >= 0.3 is 7.91 Å². The molecular formula is C10H20FO3P. The summed E-state index contributed by atoms with van der Waals surface area (Å²) in [7, 11) is -4.28. The minimum absolute atomic E-state index is 0.194. The maximum atomic E-state index is 13.1. The van der Waals surface area contributed by atoms with Crippen molar-refractivity contribution in [3.05, 3.63) is 0 Å². The van der Waals surface area contributed by atoms with Gasteiger partial charge in [0.1, 0.15) is 0 Å². The van der Waals surface area contributed by atoms with Gasteiger partial charge in [0.05, 0.1) is 12.7 Å². The summed E-state index contributed by atoms with van der Waals surface area (Å²) in [5.74, 6) is 0. The molecule has 1 heterocycles. The van der Waals surface area contributed by atoms with Crippen LogP contribution in [0.2, 0.25) is 0 Å². The lowest BCUT2D eigenvalue weighted by atomic mass is 9.79. The van der Waals surface area contributed by atoms with Crippen LogP contribution >= 0.6 is 7.91 Å². The van der Waals surface area contributed by atoms with Gasteiger partial charge in [0.2, 0.25) is 0 Å². The van der Waals surface area contributed by atoms with E-state index >= 15 is 0 Å². The van der Waals surface area contributed by atoms with E-state index in [0.717, 1.165) is 25.7 Å². The van der Waals surface area contributed by atoms with Crippen LogP contribution in [0.1, 0.15) is 46.5 Å². The van der Waals surface area contributed by atoms with Crippen molar-refractivity contribution in [3.63, 3.8) is 0 Å². The van der Waals surface area contributed by atoms with Gasteiger partial charge in [0, 0.05) is 5.41 Å². The minimum atomic E-state index is -4.28. The molecule has 0 bridgehead atoms. The summed E-state index contributed by atoms with van der Waals surface area (Å²) in [4.78, 5) is 0. The lowest BCUT2D eigenvalue weighted by molar-refractivity contribution is -0.0553. The van der Waals surface area contributed by atoms with Crippen LogP contribution in [0, 0.1) is 5.41 Å². The number of hydrogen-bond donors (Lipinski definition) is 0. The molecule has 1 rings (SSSR count). The third-order valence-corrected chi connectivity index (χ3v) is 3.89. The molecule has 15 heavy (non-hydrogen) atoms. The lowest BCUT2D eigenvalue weighted by Gasteiger charge is -2.41. The van der Waals surface area contributed by atoms with E-state index in [2.05, 4.69) is 11.4 Å². The fraction of sp³-hybridized carbons (Fsp3) is 1.00. The van der Waals surface area contributed by atoms with Crippen molar-refractivity contribution in [1.82, 2.24) is 0 Å². The highest BCUT2D eigenvalue weighted by Gasteiger charge is 2.46. The van der Waals surface area contributed by atoms with E-state index in [1.54, 1.807) is 0 Å². The Labute approximate surface area is 91.0 Å². The van der Waals surface area contributed by atoms with Crippen molar-refractivity contribution in [3.8, 4) is 0 Å². The Morgan fingerprint density at radius 2 is 2.13 bits per heavy atom. The number of rotatable bonds is 4. The number of halogens is 1. The summed E-state index contributed by atoms with van der Waals surface area (Å²) in [6.45, 7) is 6.28. The molecular weight excluding hydrogens is 218 g/mol. The predicted octanol–water partition coefficient (Wildman–Crippen LogP) is 4.09. The topological polar surface area (TPSA) is 35.5 Å².